The normalized spacial score (nSPS) is 22.3. The number of nitrogens with one attached hydrogen (secondary N) is 2. The summed E-state index contributed by atoms with van der Waals surface area (Å²) in [6, 6.07) is 0.602. The van der Waals surface area contributed by atoms with E-state index < -0.39 is 9.84 Å². The van der Waals surface area contributed by atoms with Crippen molar-refractivity contribution in [1.82, 2.24) is 15.5 Å². The number of hydrogen-bond acceptors (Lipinski definition) is 4. The highest BCUT2D eigenvalue weighted by molar-refractivity contribution is 7.90. The summed E-state index contributed by atoms with van der Waals surface area (Å²) in [5.41, 5.74) is 0. The van der Waals surface area contributed by atoms with E-state index in [9.17, 15) is 8.42 Å². The molecule has 1 aliphatic rings. The van der Waals surface area contributed by atoms with Gasteiger partial charge < -0.3 is 15.5 Å². The average molecular weight is 318 g/mol. The minimum atomic E-state index is -2.91. The lowest BCUT2D eigenvalue weighted by Crippen LogP contribution is -2.43. The van der Waals surface area contributed by atoms with E-state index in [0.29, 0.717) is 12.5 Å². The summed E-state index contributed by atoms with van der Waals surface area (Å²) < 4.78 is 22.4. The van der Waals surface area contributed by atoms with Gasteiger partial charge in [0.2, 0.25) is 0 Å². The van der Waals surface area contributed by atoms with Crippen LogP contribution >= 0.6 is 0 Å². The predicted octanol–water partition coefficient (Wildman–Crippen LogP) is 0.459. The molecule has 2 unspecified atom stereocenters. The number of likely N-dealkylation sites (tertiary alicyclic amines) is 1. The Kier molecular flexibility index (Phi) is 7.45. The molecule has 1 fully saturated rings. The van der Waals surface area contributed by atoms with Crippen LogP contribution in [0.4, 0.5) is 0 Å². The van der Waals surface area contributed by atoms with Gasteiger partial charge in [-0.3, -0.25) is 4.99 Å². The maximum atomic E-state index is 11.2. The number of likely N-dealkylation sites (N-methyl/N-ethyl adjacent to an activating group) is 1. The molecule has 1 aliphatic heterocycles. The van der Waals surface area contributed by atoms with Gasteiger partial charge >= 0.3 is 0 Å². The molecule has 0 amide bonds. The molecule has 21 heavy (non-hydrogen) atoms. The lowest BCUT2D eigenvalue weighted by atomic mass is 10.2. The Morgan fingerprint density at radius 1 is 1.48 bits per heavy atom. The van der Waals surface area contributed by atoms with Crippen LogP contribution in [-0.4, -0.2) is 70.1 Å². The lowest BCUT2D eigenvalue weighted by molar-refractivity contribution is 0.317. The fourth-order valence-corrected chi connectivity index (χ4v) is 3.20. The maximum absolute atomic E-state index is 11.2. The standard InChI is InChI=1S/C14H30N4O2S/c1-5-15-14(16-11-13-7-6-9-18(13)3)17-12(2)8-10-21(4,19)20/h12-13H,5-11H2,1-4H3,(H2,15,16,17). The van der Waals surface area contributed by atoms with Gasteiger partial charge in [-0.25, -0.2) is 8.42 Å². The number of guanidine groups is 1. The van der Waals surface area contributed by atoms with E-state index in [1.165, 1.54) is 19.1 Å². The fourth-order valence-electron chi connectivity index (χ4n) is 2.42. The van der Waals surface area contributed by atoms with Crippen LogP contribution in [0.25, 0.3) is 0 Å². The lowest BCUT2D eigenvalue weighted by Gasteiger charge is -2.20. The first-order valence-electron chi connectivity index (χ1n) is 7.74. The molecule has 2 N–H and O–H groups in total. The van der Waals surface area contributed by atoms with Crippen molar-refractivity contribution in [1.29, 1.82) is 0 Å². The molecular weight excluding hydrogens is 288 g/mol. The van der Waals surface area contributed by atoms with Crippen molar-refractivity contribution in [3.8, 4) is 0 Å². The number of rotatable bonds is 7. The molecule has 7 heteroatoms. The first-order valence-corrected chi connectivity index (χ1v) is 9.80. The summed E-state index contributed by atoms with van der Waals surface area (Å²) in [6.45, 7) is 6.74. The Bertz CT molecular complexity index is 436. The Labute approximate surface area is 129 Å². The number of hydrogen-bond donors (Lipinski definition) is 2. The van der Waals surface area contributed by atoms with E-state index in [1.54, 1.807) is 0 Å². The summed E-state index contributed by atoms with van der Waals surface area (Å²) in [4.78, 5) is 6.98. The Balaban J connectivity index is 2.47. The molecule has 1 saturated heterocycles. The van der Waals surface area contributed by atoms with Gasteiger partial charge in [0.05, 0.1) is 12.3 Å². The van der Waals surface area contributed by atoms with Crippen molar-refractivity contribution < 1.29 is 8.42 Å². The highest BCUT2D eigenvalue weighted by Crippen LogP contribution is 2.14. The summed E-state index contributed by atoms with van der Waals surface area (Å²) in [5.74, 6) is 0.977. The SMILES string of the molecule is CCNC(=NCC1CCCN1C)NC(C)CCS(C)(=O)=O. The van der Waals surface area contributed by atoms with Crippen molar-refractivity contribution in [2.75, 3.05) is 38.7 Å². The summed E-state index contributed by atoms with van der Waals surface area (Å²) in [6.07, 6.45) is 4.30. The minimum absolute atomic E-state index is 0.0823. The fraction of sp³-hybridized carbons (Fsp3) is 0.929. The molecule has 0 bridgehead atoms. The first kappa shape index (κ1) is 18.2. The average Bonchev–Trinajstić information content (AvgIpc) is 2.79. The van der Waals surface area contributed by atoms with Crippen molar-refractivity contribution in [3.63, 3.8) is 0 Å². The largest absolute Gasteiger partial charge is 0.357 e. The second kappa shape index (κ2) is 8.58. The van der Waals surface area contributed by atoms with Crippen LogP contribution in [0.5, 0.6) is 0 Å². The zero-order chi connectivity index (χ0) is 15.9. The second-order valence-electron chi connectivity index (χ2n) is 5.96. The predicted molar refractivity (Wildman–Crippen MR) is 88.6 cm³/mol. The molecule has 0 radical (unpaired) electrons. The third-order valence-electron chi connectivity index (χ3n) is 3.78. The Hall–Kier alpha value is -0.820. The Morgan fingerprint density at radius 3 is 2.71 bits per heavy atom. The van der Waals surface area contributed by atoms with Crippen LogP contribution < -0.4 is 10.6 Å². The van der Waals surface area contributed by atoms with E-state index >= 15 is 0 Å². The molecule has 124 valence electrons. The van der Waals surface area contributed by atoms with Crippen LogP contribution in [0.15, 0.2) is 4.99 Å². The van der Waals surface area contributed by atoms with Gasteiger partial charge in [0, 0.05) is 24.9 Å². The molecule has 0 aromatic rings. The van der Waals surface area contributed by atoms with Gasteiger partial charge in [-0.1, -0.05) is 0 Å². The van der Waals surface area contributed by atoms with Crippen LogP contribution in [0.3, 0.4) is 0 Å². The molecule has 0 aliphatic carbocycles. The zero-order valence-corrected chi connectivity index (χ0v) is 14.5. The van der Waals surface area contributed by atoms with E-state index in [0.717, 1.165) is 25.6 Å². The summed E-state index contributed by atoms with van der Waals surface area (Å²) in [7, 11) is -0.766. The molecule has 0 saturated carbocycles. The zero-order valence-electron chi connectivity index (χ0n) is 13.7. The molecular formula is C14H30N4O2S. The number of nitrogens with zero attached hydrogens (tertiary/aromatic N) is 2. The molecule has 6 nitrogen and oxygen atoms in total. The van der Waals surface area contributed by atoms with Crippen molar-refractivity contribution >= 4 is 15.8 Å². The number of sulfone groups is 1. The quantitative estimate of drug-likeness (QED) is 0.527. The minimum Gasteiger partial charge on any atom is -0.357 e. The first-order chi connectivity index (χ1) is 9.81. The smallest absolute Gasteiger partial charge is 0.191 e. The molecule has 0 spiro atoms. The van der Waals surface area contributed by atoms with E-state index in [1.807, 2.05) is 13.8 Å². The van der Waals surface area contributed by atoms with Gasteiger partial charge in [0.1, 0.15) is 9.84 Å². The van der Waals surface area contributed by atoms with Crippen molar-refractivity contribution in [2.24, 2.45) is 4.99 Å². The topological polar surface area (TPSA) is 73.8 Å². The molecule has 1 heterocycles. The summed E-state index contributed by atoms with van der Waals surface area (Å²) >= 11 is 0. The van der Waals surface area contributed by atoms with Gasteiger partial charge in [-0.05, 0) is 46.7 Å². The number of aliphatic imine (C=N–C) groups is 1. The monoisotopic (exact) mass is 318 g/mol. The molecule has 2 atom stereocenters. The van der Waals surface area contributed by atoms with Crippen LogP contribution in [-0.2, 0) is 9.84 Å². The van der Waals surface area contributed by atoms with E-state index in [4.69, 9.17) is 0 Å². The van der Waals surface area contributed by atoms with Gasteiger partial charge in [-0.2, -0.15) is 0 Å². The van der Waals surface area contributed by atoms with Crippen LogP contribution in [0.1, 0.15) is 33.1 Å². The summed E-state index contributed by atoms with van der Waals surface area (Å²) in [5, 5.41) is 6.51. The van der Waals surface area contributed by atoms with Crippen molar-refractivity contribution in [2.45, 2.75) is 45.2 Å². The van der Waals surface area contributed by atoms with E-state index in [-0.39, 0.29) is 11.8 Å². The highest BCUT2D eigenvalue weighted by Gasteiger charge is 2.20. The Morgan fingerprint density at radius 2 is 2.19 bits per heavy atom. The third kappa shape index (κ3) is 7.66. The van der Waals surface area contributed by atoms with Crippen LogP contribution in [0.2, 0.25) is 0 Å². The third-order valence-corrected chi connectivity index (χ3v) is 4.76. The maximum Gasteiger partial charge on any atom is 0.191 e. The van der Waals surface area contributed by atoms with Gasteiger partial charge in [0.15, 0.2) is 5.96 Å². The van der Waals surface area contributed by atoms with Gasteiger partial charge in [0.25, 0.3) is 0 Å². The molecule has 0 aromatic heterocycles. The molecule has 0 aromatic carbocycles. The van der Waals surface area contributed by atoms with Gasteiger partial charge in [-0.15, -0.1) is 0 Å². The van der Waals surface area contributed by atoms with Crippen molar-refractivity contribution in [3.05, 3.63) is 0 Å². The van der Waals surface area contributed by atoms with Crippen LogP contribution in [0, 0.1) is 0 Å². The second-order valence-corrected chi connectivity index (χ2v) is 8.22. The molecule has 1 rings (SSSR count). The highest BCUT2D eigenvalue weighted by atomic mass is 32.2. The van der Waals surface area contributed by atoms with E-state index in [2.05, 4.69) is 27.6 Å².